The molecule has 0 fully saturated rings. The molecule has 1 unspecified atom stereocenters. The molecule has 0 nitrogen and oxygen atoms in total. The minimum absolute atomic E-state index is 0.350. The number of aryl methyl sites for hydroxylation is 3. The van der Waals surface area contributed by atoms with E-state index in [2.05, 4.69) is 194 Å². The summed E-state index contributed by atoms with van der Waals surface area (Å²) in [6, 6.07) is 55.5. The van der Waals surface area contributed by atoms with E-state index in [1.807, 2.05) is 0 Å². The van der Waals surface area contributed by atoms with Gasteiger partial charge in [-0.15, -0.1) is 0 Å². The fraction of sp³-hybridized carbons (Fsp3) is 0.216. The summed E-state index contributed by atoms with van der Waals surface area (Å²) in [5, 5.41) is 6.09. The smallest absolute Gasteiger partial charge is 0.0636 e. The van der Waals surface area contributed by atoms with Gasteiger partial charge in [-0.05, 0) is 138 Å². The maximum atomic E-state index is 2.61. The van der Waals surface area contributed by atoms with Crippen molar-refractivity contribution in [3.8, 4) is 0 Å². The van der Waals surface area contributed by atoms with E-state index in [1.54, 1.807) is 5.20 Å². The van der Waals surface area contributed by atoms with Crippen molar-refractivity contribution in [3.05, 3.63) is 218 Å². The van der Waals surface area contributed by atoms with Crippen LogP contribution < -0.4 is 15.6 Å². The SMILES string of the molecule is CC1=C(C)C(C)C([Si](c2ccc(C)c(Cc3ccccc3)c2)(c2ccc(C)c(Cc3ccccc3)c2)c2ccc(C)c(Cc3ccccc3)c2)=C1C. The van der Waals surface area contributed by atoms with Crippen molar-refractivity contribution >= 4 is 23.6 Å². The van der Waals surface area contributed by atoms with Gasteiger partial charge >= 0.3 is 0 Å². The highest BCUT2D eigenvalue weighted by Crippen LogP contribution is 2.42. The van der Waals surface area contributed by atoms with Crippen LogP contribution in [0.4, 0.5) is 0 Å². The topological polar surface area (TPSA) is 0 Å². The predicted octanol–water partition coefficient (Wildman–Crippen LogP) is 10.7. The van der Waals surface area contributed by atoms with E-state index >= 15 is 0 Å². The van der Waals surface area contributed by atoms with Crippen LogP contribution in [0.15, 0.2) is 168 Å². The van der Waals surface area contributed by atoms with Gasteiger partial charge in [-0.25, -0.2) is 0 Å². The maximum absolute atomic E-state index is 2.88. The molecule has 260 valence electrons. The van der Waals surface area contributed by atoms with Gasteiger partial charge in [0.2, 0.25) is 0 Å². The van der Waals surface area contributed by atoms with Gasteiger partial charge in [0, 0.05) is 0 Å². The molecule has 6 aromatic carbocycles. The van der Waals surface area contributed by atoms with Crippen LogP contribution in [-0.4, -0.2) is 8.07 Å². The molecule has 0 aromatic heterocycles. The number of hydrogen-bond donors (Lipinski definition) is 0. The van der Waals surface area contributed by atoms with E-state index < -0.39 is 8.07 Å². The summed E-state index contributed by atoms with van der Waals surface area (Å²) in [5.74, 6) is 0.350. The van der Waals surface area contributed by atoms with Crippen LogP contribution in [0.1, 0.15) is 77.8 Å². The molecule has 1 atom stereocenters. The van der Waals surface area contributed by atoms with Crippen LogP contribution in [0.25, 0.3) is 0 Å². The molecule has 0 radical (unpaired) electrons. The normalized spacial score (nSPS) is 14.7. The Hall–Kier alpha value is -4.98. The van der Waals surface area contributed by atoms with Crippen LogP contribution in [0.3, 0.4) is 0 Å². The summed E-state index contributed by atoms with van der Waals surface area (Å²) < 4.78 is 0. The third kappa shape index (κ3) is 6.71. The van der Waals surface area contributed by atoms with Crippen LogP contribution in [0.2, 0.25) is 0 Å². The Kier molecular flexibility index (Phi) is 10.2. The van der Waals surface area contributed by atoms with E-state index in [4.69, 9.17) is 0 Å². The highest BCUT2D eigenvalue weighted by molar-refractivity contribution is 7.16. The molecule has 0 heterocycles. The zero-order valence-electron chi connectivity index (χ0n) is 32.1. The highest BCUT2D eigenvalue weighted by Gasteiger charge is 2.48. The van der Waals surface area contributed by atoms with Gasteiger partial charge < -0.3 is 0 Å². The molecule has 6 aromatic rings. The molecule has 1 heteroatoms. The van der Waals surface area contributed by atoms with Gasteiger partial charge in [-0.3, -0.25) is 0 Å². The summed E-state index contributed by atoms with van der Waals surface area (Å²) in [7, 11) is -2.88. The van der Waals surface area contributed by atoms with Crippen molar-refractivity contribution in [1.29, 1.82) is 0 Å². The summed E-state index contributed by atoms with van der Waals surface area (Å²) in [6.45, 7) is 16.5. The molecule has 1 aliphatic carbocycles. The quantitative estimate of drug-likeness (QED) is 0.0990. The van der Waals surface area contributed by atoms with E-state index in [0.717, 1.165) is 19.3 Å². The number of hydrogen-bond acceptors (Lipinski definition) is 0. The second kappa shape index (κ2) is 14.9. The Bertz CT molecular complexity index is 2050. The minimum atomic E-state index is -2.88. The molecule has 7 rings (SSSR count). The number of benzene rings is 6. The second-order valence-corrected chi connectivity index (χ2v) is 19.0. The first-order valence-electron chi connectivity index (χ1n) is 19.0. The van der Waals surface area contributed by atoms with Crippen molar-refractivity contribution in [3.63, 3.8) is 0 Å². The third-order valence-electron chi connectivity index (χ3n) is 12.1. The largest absolute Gasteiger partial charge is 0.176 e. The van der Waals surface area contributed by atoms with Gasteiger partial charge in [0.25, 0.3) is 0 Å². The summed E-state index contributed by atoms with van der Waals surface area (Å²) in [6.07, 6.45) is 2.78. The van der Waals surface area contributed by atoms with E-state index in [0.29, 0.717) is 5.92 Å². The molecule has 1 aliphatic rings. The summed E-state index contributed by atoms with van der Waals surface area (Å²) >= 11 is 0. The summed E-state index contributed by atoms with van der Waals surface area (Å²) in [5.41, 5.74) is 16.8. The van der Waals surface area contributed by atoms with Crippen LogP contribution in [0, 0.1) is 26.7 Å². The maximum Gasteiger partial charge on any atom is 0.176 e. The molecular weight excluding hydrogens is 641 g/mol. The fourth-order valence-corrected chi connectivity index (χ4v) is 14.4. The van der Waals surface area contributed by atoms with E-state index in [1.165, 1.54) is 82.4 Å². The minimum Gasteiger partial charge on any atom is -0.0636 e. The third-order valence-corrected chi connectivity index (χ3v) is 17.3. The molecule has 0 amide bonds. The van der Waals surface area contributed by atoms with E-state index in [-0.39, 0.29) is 0 Å². The molecule has 52 heavy (non-hydrogen) atoms. The lowest BCUT2D eigenvalue weighted by Crippen LogP contribution is -2.70. The lowest BCUT2D eigenvalue weighted by Gasteiger charge is -2.40. The van der Waals surface area contributed by atoms with Crippen molar-refractivity contribution < 1.29 is 0 Å². The van der Waals surface area contributed by atoms with Crippen molar-refractivity contribution in [2.24, 2.45) is 5.92 Å². The Morgan fingerprint density at radius 3 is 1.02 bits per heavy atom. The molecule has 0 saturated heterocycles. The van der Waals surface area contributed by atoms with Crippen LogP contribution in [0.5, 0.6) is 0 Å². The Morgan fingerprint density at radius 2 is 0.731 bits per heavy atom. The molecular formula is C51H52Si. The van der Waals surface area contributed by atoms with Gasteiger partial charge in [-0.1, -0.05) is 169 Å². The number of rotatable bonds is 10. The molecule has 0 saturated carbocycles. The first-order chi connectivity index (χ1) is 25.2. The summed E-state index contributed by atoms with van der Waals surface area (Å²) in [4.78, 5) is 0. The van der Waals surface area contributed by atoms with Crippen molar-refractivity contribution in [1.82, 2.24) is 0 Å². The van der Waals surface area contributed by atoms with Gasteiger partial charge in [0.1, 0.15) is 0 Å². The monoisotopic (exact) mass is 692 g/mol. The number of allylic oxidation sites excluding steroid dienone is 4. The molecule has 0 aliphatic heterocycles. The van der Waals surface area contributed by atoms with Crippen LogP contribution in [-0.2, 0) is 19.3 Å². The lowest BCUT2D eigenvalue weighted by molar-refractivity contribution is 0.851. The first kappa shape index (κ1) is 35.4. The standard InChI is InChI=1S/C51H52Si/c1-35-23-26-48(32-45(35)29-42-17-11-8-12-18-42)52(51-40(6)38(4)39(5)41(51)7,49-27-24-36(2)46(33-49)30-43-19-13-9-14-20-43)50-28-25-37(3)47(34-50)31-44-21-15-10-16-22-44/h8-28,32-34,40H,29-31H2,1-7H3. The molecule has 0 bridgehead atoms. The van der Waals surface area contributed by atoms with Crippen LogP contribution >= 0.6 is 0 Å². The lowest BCUT2D eigenvalue weighted by atomic mass is 10.0. The predicted molar refractivity (Wildman–Crippen MR) is 226 cm³/mol. The molecule has 0 spiro atoms. The molecule has 0 N–H and O–H groups in total. The second-order valence-electron chi connectivity index (χ2n) is 15.2. The zero-order chi connectivity index (χ0) is 36.4. The van der Waals surface area contributed by atoms with E-state index in [9.17, 15) is 0 Å². The Morgan fingerprint density at radius 1 is 0.404 bits per heavy atom. The van der Waals surface area contributed by atoms with Crippen molar-refractivity contribution in [2.45, 2.75) is 67.7 Å². The Balaban J connectivity index is 1.55. The van der Waals surface area contributed by atoms with Gasteiger partial charge in [-0.2, -0.15) is 0 Å². The first-order valence-corrected chi connectivity index (χ1v) is 21.0. The average molecular weight is 693 g/mol. The Labute approximate surface area is 313 Å². The fourth-order valence-electron chi connectivity index (χ4n) is 8.67. The highest BCUT2D eigenvalue weighted by atomic mass is 28.3. The van der Waals surface area contributed by atoms with Gasteiger partial charge in [0.15, 0.2) is 8.07 Å². The average Bonchev–Trinajstić information content (AvgIpc) is 3.35. The zero-order valence-corrected chi connectivity index (χ0v) is 33.1. The van der Waals surface area contributed by atoms with Crippen molar-refractivity contribution in [2.75, 3.05) is 0 Å². The van der Waals surface area contributed by atoms with Gasteiger partial charge in [0.05, 0.1) is 0 Å².